The Morgan fingerprint density at radius 3 is 2.73 bits per heavy atom. The fraction of sp³-hybridized carbons (Fsp3) is 0.105. The van der Waals surface area contributed by atoms with Crippen molar-refractivity contribution in [1.82, 2.24) is 0 Å². The maximum Gasteiger partial charge on any atom is 0.255 e. The van der Waals surface area contributed by atoms with Crippen LogP contribution < -0.4 is 11.1 Å². The van der Waals surface area contributed by atoms with E-state index in [0.29, 0.717) is 23.4 Å². The monoisotopic (exact) mass is 386 g/mol. The number of aryl methyl sites for hydroxylation is 1. The van der Waals surface area contributed by atoms with Crippen LogP contribution in [0.5, 0.6) is 0 Å². The summed E-state index contributed by atoms with van der Waals surface area (Å²) in [7, 11) is -2.51. The Morgan fingerprint density at radius 2 is 2.00 bits per heavy atom. The lowest BCUT2D eigenvalue weighted by atomic mass is 10.1. The van der Waals surface area contributed by atoms with Crippen LogP contribution >= 0.6 is 19.4 Å². The Balaban J connectivity index is 1.79. The van der Waals surface area contributed by atoms with Crippen molar-refractivity contribution < 1.29 is 14.3 Å². The second kappa shape index (κ2) is 8.32. The Hall–Kier alpha value is -2.40. The van der Waals surface area contributed by atoms with Crippen LogP contribution in [-0.2, 0) is 11.0 Å². The normalized spacial score (nSPS) is 11.9. The van der Waals surface area contributed by atoms with E-state index in [1.54, 1.807) is 35.6 Å². The van der Waals surface area contributed by atoms with Crippen LogP contribution in [0.1, 0.15) is 15.9 Å². The summed E-state index contributed by atoms with van der Waals surface area (Å²) >= 11 is 1.62. The second-order valence-corrected chi connectivity index (χ2v) is 8.06. The van der Waals surface area contributed by atoms with E-state index in [-0.39, 0.29) is 12.1 Å². The van der Waals surface area contributed by atoms with Gasteiger partial charge >= 0.3 is 0 Å². The highest BCUT2D eigenvalue weighted by Crippen LogP contribution is 2.30. The van der Waals surface area contributed by atoms with Gasteiger partial charge in [0.15, 0.2) is 8.03 Å². The number of rotatable bonds is 6. The molecule has 134 valence electrons. The molecular formula is C19H19N2O3PS. The quantitative estimate of drug-likeness (QED) is 0.436. The molecule has 5 nitrogen and oxygen atoms in total. The van der Waals surface area contributed by atoms with Crippen LogP contribution in [0.3, 0.4) is 0 Å². The molecule has 3 rings (SSSR count). The summed E-state index contributed by atoms with van der Waals surface area (Å²) < 4.78 is 10.9. The minimum atomic E-state index is -2.51. The lowest BCUT2D eigenvalue weighted by Gasteiger charge is -2.11. The van der Waals surface area contributed by atoms with Crippen molar-refractivity contribution in [2.45, 2.75) is 6.42 Å². The van der Waals surface area contributed by atoms with E-state index in [2.05, 4.69) is 5.32 Å². The Morgan fingerprint density at radius 1 is 1.15 bits per heavy atom. The molecule has 0 radical (unpaired) electrons. The van der Waals surface area contributed by atoms with Crippen molar-refractivity contribution in [2.24, 2.45) is 0 Å². The largest absolute Gasteiger partial charge is 0.397 e. The predicted octanol–water partition coefficient (Wildman–Crippen LogP) is 4.26. The van der Waals surface area contributed by atoms with Crippen LogP contribution in [0.15, 0.2) is 60.0 Å². The first-order valence-corrected chi connectivity index (χ1v) is 10.5. The highest BCUT2D eigenvalue weighted by atomic mass is 32.1. The van der Waals surface area contributed by atoms with Gasteiger partial charge < -0.3 is 15.9 Å². The maximum atomic E-state index is 12.6. The van der Waals surface area contributed by atoms with Gasteiger partial charge in [-0.15, -0.1) is 11.3 Å². The van der Waals surface area contributed by atoms with Gasteiger partial charge in [-0.3, -0.25) is 9.36 Å². The van der Waals surface area contributed by atoms with Crippen molar-refractivity contribution in [1.29, 1.82) is 0 Å². The fourth-order valence-electron chi connectivity index (χ4n) is 2.57. The van der Waals surface area contributed by atoms with Gasteiger partial charge in [-0.05, 0) is 53.3 Å². The lowest BCUT2D eigenvalue weighted by molar-refractivity contribution is 0.102. The van der Waals surface area contributed by atoms with Gasteiger partial charge in [0.25, 0.3) is 5.91 Å². The number of carbonyl (C=O) groups excluding carboxylic acids is 1. The summed E-state index contributed by atoms with van der Waals surface area (Å²) in [6.45, 7) is 0. The molecule has 0 fully saturated rings. The zero-order valence-corrected chi connectivity index (χ0v) is 15.8. The molecule has 0 bridgehead atoms. The Labute approximate surface area is 156 Å². The molecule has 1 aromatic heterocycles. The predicted molar refractivity (Wildman–Crippen MR) is 108 cm³/mol. The molecule has 1 amide bonds. The molecular weight excluding hydrogens is 367 g/mol. The SMILES string of the molecule is Nc1ccc(-c2cccs2)cc1NC(=O)c1cccc(CC[PH](=O)O)c1. The zero-order valence-electron chi connectivity index (χ0n) is 13.9. The summed E-state index contributed by atoms with van der Waals surface area (Å²) in [5, 5.41) is 4.85. The summed E-state index contributed by atoms with van der Waals surface area (Å²) in [6.07, 6.45) is 0.678. The summed E-state index contributed by atoms with van der Waals surface area (Å²) in [6, 6.07) is 16.6. The van der Waals surface area contributed by atoms with E-state index in [0.717, 1.165) is 16.0 Å². The Bertz CT molecular complexity index is 942. The van der Waals surface area contributed by atoms with E-state index < -0.39 is 8.03 Å². The van der Waals surface area contributed by atoms with E-state index in [9.17, 15) is 9.36 Å². The first kappa shape index (κ1) is 18.4. The standard InChI is InChI=1S/C19H19N2O3PS/c20-16-7-6-14(18-5-2-10-26-18)12-17(16)21-19(22)15-4-1-3-13(11-15)8-9-25(23)24/h1-7,10-12,25H,8-9,20H2,(H,21,22)(H,23,24). The smallest absolute Gasteiger partial charge is 0.255 e. The van der Waals surface area contributed by atoms with E-state index >= 15 is 0 Å². The van der Waals surface area contributed by atoms with Crippen molar-refractivity contribution >= 4 is 36.6 Å². The van der Waals surface area contributed by atoms with Gasteiger partial charge in [0.05, 0.1) is 11.4 Å². The molecule has 2 aromatic carbocycles. The first-order chi connectivity index (χ1) is 12.5. The highest BCUT2D eigenvalue weighted by molar-refractivity contribution is 7.37. The third kappa shape index (κ3) is 4.61. The number of benzene rings is 2. The van der Waals surface area contributed by atoms with Crippen molar-refractivity contribution in [3.63, 3.8) is 0 Å². The molecule has 1 unspecified atom stereocenters. The number of amides is 1. The number of hydrogen-bond donors (Lipinski definition) is 3. The molecule has 0 aliphatic carbocycles. The molecule has 0 spiro atoms. The lowest BCUT2D eigenvalue weighted by Crippen LogP contribution is -2.13. The number of carbonyl (C=O) groups is 1. The van der Waals surface area contributed by atoms with Crippen molar-refractivity contribution in [2.75, 3.05) is 17.2 Å². The average molecular weight is 386 g/mol. The number of anilines is 2. The number of thiophene rings is 1. The van der Waals surface area contributed by atoms with Crippen LogP contribution in [0.25, 0.3) is 10.4 Å². The van der Waals surface area contributed by atoms with Gasteiger partial charge in [0.2, 0.25) is 0 Å². The number of nitrogens with two attached hydrogens (primary N) is 1. The zero-order chi connectivity index (χ0) is 18.5. The molecule has 1 atom stereocenters. The maximum absolute atomic E-state index is 12.6. The van der Waals surface area contributed by atoms with E-state index in [1.165, 1.54) is 0 Å². The average Bonchev–Trinajstić information content (AvgIpc) is 3.16. The van der Waals surface area contributed by atoms with Crippen LogP contribution in [0.4, 0.5) is 11.4 Å². The fourth-order valence-corrected chi connectivity index (χ4v) is 3.80. The topological polar surface area (TPSA) is 92.4 Å². The molecule has 3 aromatic rings. The Kier molecular flexibility index (Phi) is 5.89. The van der Waals surface area contributed by atoms with Gasteiger partial charge in [0.1, 0.15) is 0 Å². The number of nitrogen functional groups attached to an aromatic ring is 1. The van der Waals surface area contributed by atoms with Gasteiger partial charge in [-0.2, -0.15) is 0 Å². The van der Waals surface area contributed by atoms with Crippen LogP contribution in [0, 0.1) is 0 Å². The van der Waals surface area contributed by atoms with Crippen molar-refractivity contribution in [3.05, 3.63) is 71.1 Å². The van der Waals surface area contributed by atoms with Gasteiger partial charge in [-0.25, -0.2) is 0 Å². The van der Waals surface area contributed by atoms with Gasteiger partial charge in [-0.1, -0.05) is 24.3 Å². The molecule has 4 N–H and O–H groups in total. The third-order valence-electron chi connectivity index (χ3n) is 3.92. The molecule has 26 heavy (non-hydrogen) atoms. The minimum absolute atomic E-state index is 0.214. The van der Waals surface area contributed by atoms with E-state index in [1.807, 2.05) is 35.7 Å². The number of nitrogens with one attached hydrogen (secondary N) is 1. The van der Waals surface area contributed by atoms with Crippen LogP contribution in [0.2, 0.25) is 0 Å². The number of hydrogen-bond acceptors (Lipinski definition) is 4. The first-order valence-electron chi connectivity index (χ1n) is 8.08. The van der Waals surface area contributed by atoms with Gasteiger partial charge in [0, 0.05) is 16.6 Å². The highest BCUT2D eigenvalue weighted by Gasteiger charge is 2.11. The summed E-state index contributed by atoms with van der Waals surface area (Å²) in [5.41, 5.74) is 9.40. The summed E-state index contributed by atoms with van der Waals surface area (Å²) in [4.78, 5) is 22.7. The molecule has 0 saturated heterocycles. The molecule has 0 saturated carbocycles. The summed E-state index contributed by atoms with van der Waals surface area (Å²) in [5.74, 6) is -0.265. The molecule has 0 aliphatic rings. The second-order valence-electron chi connectivity index (χ2n) is 5.83. The minimum Gasteiger partial charge on any atom is -0.397 e. The van der Waals surface area contributed by atoms with Crippen molar-refractivity contribution in [3.8, 4) is 10.4 Å². The molecule has 7 heteroatoms. The molecule has 1 heterocycles. The van der Waals surface area contributed by atoms with Crippen LogP contribution in [-0.4, -0.2) is 17.0 Å². The van der Waals surface area contributed by atoms with E-state index in [4.69, 9.17) is 10.6 Å². The third-order valence-corrected chi connectivity index (χ3v) is 5.52. The molecule has 0 aliphatic heterocycles.